The Hall–Kier alpha value is -3.42. The third-order valence-corrected chi connectivity index (χ3v) is 3.15. The Kier molecular flexibility index (Phi) is 5.67. The summed E-state index contributed by atoms with van der Waals surface area (Å²) >= 11 is 0. The first-order chi connectivity index (χ1) is 11.9. The molecule has 1 unspecified atom stereocenters. The second-order valence-corrected chi connectivity index (χ2v) is 5.09. The molecule has 0 saturated heterocycles. The van der Waals surface area contributed by atoms with Gasteiger partial charge in [-0.3, -0.25) is 10.1 Å². The van der Waals surface area contributed by atoms with E-state index in [2.05, 4.69) is 10.6 Å². The molecule has 1 atom stereocenters. The molecule has 0 aromatic heterocycles. The van der Waals surface area contributed by atoms with Gasteiger partial charge in [0.05, 0.1) is 5.56 Å². The molecule has 4 N–H and O–H groups in total. The number of hydrogen-bond acceptors (Lipinski definition) is 5. The molecule has 25 heavy (non-hydrogen) atoms. The first kappa shape index (κ1) is 17.9. The van der Waals surface area contributed by atoms with Gasteiger partial charge >= 0.3 is 12.0 Å². The van der Waals surface area contributed by atoms with Crippen LogP contribution >= 0.6 is 0 Å². The number of hydrogen-bond donors (Lipinski definition) is 3. The van der Waals surface area contributed by atoms with E-state index in [4.69, 9.17) is 10.5 Å². The van der Waals surface area contributed by atoms with Crippen LogP contribution in [0.2, 0.25) is 0 Å². The molecule has 0 heterocycles. The van der Waals surface area contributed by atoms with E-state index in [1.54, 1.807) is 30.3 Å². The highest BCUT2D eigenvalue weighted by atomic mass is 19.1. The zero-order valence-corrected chi connectivity index (χ0v) is 13.3. The topological polar surface area (TPSA) is 111 Å². The third-order valence-electron chi connectivity index (χ3n) is 3.15. The van der Waals surface area contributed by atoms with E-state index in [-0.39, 0.29) is 11.3 Å². The maximum atomic E-state index is 13.0. The Morgan fingerprint density at radius 2 is 1.80 bits per heavy atom. The second-order valence-electron chi connectivity index (χ2n) is 5.09. The summed E-state index contributed by atoms with van der Waals surface area (Å²) in [6.07, 6.45) is -1.25. The number of nitrogens with two attached hydrogens (primary N) is 1. The predicted octanol–water partition coefficient (Wildman–Crippen LogP) is 2.30. The van der Waals surface area contributed by atoms with Gasteiger partial charge in [-0.25, -0.2) is 14.0 Å². The molecule has 2 rings (SSSR count). The van der Waals surface area contributed by atoms with E-state index < -0.39 is 29.8 Å². The molecule has 0 radical (unpaired) electrons. The normalized spacial score (nSPS) is 11.3. The molecule has 130 valence electrons. The molecule has 2 aromatic rings. The van der Waals surface area contributed by atoms with Crippen LogP contribution in [0.5, 0.6) is 0 Å². The zero-order chi connectivity index (χ0) is 18.4. The summed E-state index contributed by atoms with van der Waals surface area (Å²) in [5, 5.41) is 4.51. The monoisotopic (exact) mass is 345 g/mol. The maximum Gasteiger partial charge on any atom is 0.341 e. The highest BCUT2D eigenvalue weighted by Crippen LogP contribution is 2.15. The Balaban J connectivity index is 1.91. The van der Waals surface area contributed by atoms with Crippen molar-refractivity contribution < 1.29 is 23.5 Å². The van der Waals surface area contributed by atoms with E-state index in [1.807, 2.05) is 0 Å². The number of carbonyl (C=O) groups is 3. The lowest BCUT2D eigenvalue weighted by atomic mass is 10.2. The van der Waals surface area contributed by atoms with E-state index >= 15 is 0 Å². The summed E-state index contributed by atoms with van der Waals surface area (Å²) in [5.41, 5.74) is 5.85. The fourth-order valence-electron chi connectivity index (χ4n) is 1.89. The van der Waals surface area contributed by atoms with Crippen LogP contribution in [0, 0.1) is 5.82 Å². The summed E-state index contributed by atoms with van der Waals surface area (Å²) < 4.78 is 17.9. The minimum atomic E-state index is -1.25. The lowest BCUT2D eigenvalue weighted by Gasteiger charge is -2.14. The van der Waals surface area contributed by atoms with Crippen molar-refractivity contribution in [3.63, 3.8) is 0 Å². The minimum absolute atomic E-state index is 0.0743. The predicted molar refractivity (Wildman–Crippen MR) is 89.3 cm³/mol. The lowest BCUT2D eigenvalue weighted by Crippen LogP contribution is -2.41. The Labute approximate surface area is 143 Å². The number of para-hydroxylation sites is 1. The fourth-order valence-corrected chi connectivity index (χ4v) is 1.89. The number of amides is 3. The number of rotatable bonds is 4. The van der Waals surface area contributed by atoms with Gasteiger partial charge in [0, 0.05) is 11.4 Å². The quantitative estimate of drug-likeness (QED) is 0.582. The highest BCUT2D eigenvalue weighted by Gasteiger charge is 2.22. The number of benzene rings is 2. The Morgan fingerprint density at radius 3 is 2.44 bits per heavy atom. The number of anilines is 2. The van der Waals surface area contributed by atoms with Gasteiger partial charge in [-0.05, 0) is 37.3 Å². The number of urea groups is 1. The van der Waals surface area contributed by atoms with Crippen molar-refractivity contribution in [1.29, 1.82) is 0 Å². The number of halogens is 1. The van der Waals surface area contributed by atoms with Crippen LogP contribution in [0.15, 0.2) is 48.5 Å². The summed E-state index contributed by atoms with van der Waals surface area (Å²) in [7, 11) is 0. The molecule has 0 bridgehead atoms. The molecule has 3 amide bonds. The molecule has 0 fully saturated rings. The summed E-state index contributed by atoms with van der Waals surface area (Å²) in [4.78, 5) is 35.6. The number of carbonyl (C=O) groups excluding carboxylic acids is 3. The van der Waals surface area contributed by atoms with E-state index in [9.17, 15) is 18.8 Å². The SMILES string of the molecule is CC(OC(=O)c1ccc(F)cc1N)C(=O)NC(=O)Nc1ccccc1. The van der Waals surface area contributed by atoms with Gasteiger partial charge in [0.15, 0.2) is 6.10 Å². The number of imide groups is 1. The molecule has 7 nitrogen and oxygen atoms in total. The van der Waals surface area contributed by atoms with E-state index in [0.29, 0.717) is 5.69 Å². The van der Waals surface area contributed by atoms with Crippen LogP contribution in [0.4, 0.5) is 20.6 Å². The second kappa shape index (κ2) is 7.91. The zero-order valence-electron chi connectivity index (χ0n) is 13.3. The summed E-state index contributed by atoms with van der Waals surface area (Å²) in [5.74, 6) is -2.32. The highest BCUT2D eigenvalue weighted by molar-refractivity contribution is 6.03. The molecular formula is C17H16FN3O4. The molecule has 2 aromatic carbocycles. The number of esters is 1. The van der Waals surface area contributed by atoms with Crippen molar-refractivity contribution in [1.82, 2.24) is 5.32 Å². The van der Waals surface area contributed by atoms with Gasteiger partial charge in [-0.2, -0.15) is 0 Å². The average molecular weight is 345 g/mol. The molecule has 0 aliphatic rings. The van der Waals surface area contributed by atoms with Crippen molar-refractivity contribution in [3.05, 3.63) is 59.9 Å². The largest absolute Gasteiger partial charge is 0.449 e. The van der Waals surface area contributed by atoms with Crippen molar-refractivity contribution in [2.24, 2.45) is 0 Å². The maximum absolute atomic E-state index is 13.0. The number of ether oxygens (including phenoxy) is 1. The average Bonchev–Trinajstić information content (AvgIpc) is 2.55. The molecule has 8 heteroatoms. The first-order valence-corrected chi connectivity index (χ1v) is 7.29. The van der Waals surface area contributed by atoms with Crippen molar-refractivity contribution >= 4 is 29.3 Å². The standard InChI is InChI=1S/C17H16FN3O4/c1-10(25-16(23)13-8-7-11(18)9-14(13)19)15(22)21-17(24)20-12-5-3-2-4-6-12/h2-10H,19H2,1H3,(H2,20,21,22,24). The van der Waals surface area contributed by atoms with Gasteiger partial charge in [0.25, 0.3) is 5.91 Å². The van der Waals surface area contributed by atoms with E-state index in [1.165, 1.54) is 6.92 Å². The van der Waals surface area contributed by atoms with Gasteiger partial charge in [-0.15, -0.1) is 0 Å². The number of nitrogen functional groups attached to an aromatic ring is 1. The van der Waals surface area contributed by atoms with Crippen LogP contribution in [0.1, 0.15) is 17.3 Å². The van der Waals surface area contributed by atoms with Crippen LogP contribution in [-0.2, 0) is 9.53 Å². The van der Waals surface area contributed by atoms with Gasteiger partial charge in [-0.1, -0.05) is 18.2 Å². The lowest BCUT2D eigenvalue weighted by molar-refractivity contribution is -0.127. The molecule has 0 aliphatic carbocycles. The molecule has 0 saturated carbocycles. The van der Waals surface area contributed by atoms with Gasteiger partial charge in [0.2, 0.25) is 0 Å². The van der Waals surface area contributed by atoms with E-state index in [0.717, 1.165) is 18.2 Å². The first-order valence-electron chi connectivity index (χ1n) is 7.29. The summed E-state index contributed by atoms with van der Waals surface area (Å²) in [6, 6.07) is 10.9. The van der Waals surface area contributed by atoms with Crippen LogP contribution in [0.25, 0.3) is 0 Å². The third kappa shape index (κ3) is 5.03. The van der Waals surface area contributed by atoms with Crippen molar-refractivity contribution in [2.45, 2.75) is 13.0 Å². The minimum Gasteiger partial charge on any atom is -0.449 e. The molecular weight excluding hydrogens is 329 g/mol. The fraction of sp³-hybridized carbons (Fsp3) is 0.118. The van der Waals surface area contributed by atoms with Crippen LogP contribution < -0.4 is 16.4 Å². The number of nitrogens with one attached hydrogen (secondary N) is 2. The Bertz CT molecular complexity index is 796. The molecule has 0 spiro atoms. The summed E-state index contributed by atoms with van der Waals surface area (Å²) in [6.45, 7) is 1.29. The van der Waals surface area contributed by atoms with Crippen molar-refractivity contribution in [2.75, 3.05) is 11.1 Å². The van der Waals surface area contributed by atoms with Gasteiger partial charge < -0.3 is 15.8 Å². The Morgan fingerprint density at radius 1 is 1.12 bits per heavy atom. The smallest absolute Gasteiger partial charge is 0.341 e. The molecule has 0 aliphatic heterocycles. The van der Waals surface area contributed by atoms with Crippen LogP contribution in [-0.4, -0.2) is 24.0 Å². The van der Waals surface area contributed by atoms with Crippen molar-refractivity contribution in [3.8, 4) is 0 Å². The van der Waals surface area contributed by atoms with Gasteiger partial charge in [0.1, 0.15) is 5.82 Å². The van der Waals surface area contributed by atoms with Crippen LogP contribution in [0.3, 0.4) is 0 Å².